The minimum absolute atomic E-state index is 0.195. The quantitative estimate of drug-likeness (QED) is 0.480. The Morgan fingerprint density at radius 3 is 2.65 bits per heavy atom. The van der Waals surface area contributed by atoms with Gasteiger partial charge in [0.05, 0.1) is 6.54 Å². The molecule has 0 radical (unpaired) electrons. The Bertz CT molecular complexity index is 521. The van der Waals surface area contributed by atoms with E-state index in [-0.39, 0.29) is 5.75 Å². The number of nitrogens with zero attached hydrogens (tertiary/aromatic N) is 1. The average Bonchev–Trinajstić information content (AvgIpc) is 2.35. The Kier molecular flexibility index (Phi) is 3.40. The summed E-state index contributed by atoms with van der Waals surface area (Å²) < 4.78 is 0. The molecular weight excluding hydrogens is 212 g/mol. The van der Waals surface area contributed by atoms with Crippen molar-refractivity contribution in [2.24, 2.45) is 4.99 Å². The smallest absolute Gasteiger partial charge is 0.116 e. The molecule has 0 bridgehead atoms. The second kappa shape index (κ2) is 5.16. The van der Waals surface area contributed by atoms with Crippen molar-refractivity contribution in [1.82, 2.24) is 0 Å². The summed E-state index contributed by atoms with van der Waals surface area (Å²) in [7, 11) is 0. The van der Waals surface area contributed by atoms with Crippen molar-refractivity contribution in [3.63, 3.8) is 0 Å². The van der Waals surface area contributed by atoms with Crippen molar-refractivity contribution < 1.29 is 5.11 Å². The molecule has 17 heavy (non-hydrogen) atoms. The summed E-state index contributed by atoms with van der Waals surface area (Å²) in [5.41, 5.74) is 8.26. The van der Waals surface area contributed by atoms with Gasteiger partial charge in [0.1, 0.15) is 5.75 Å². The Morgan fingerprint density at radius 2 is 1.88 bits per heavy atom. The molecule has 3 N–H and O–H groups in total. The Balaban J connectivity index is 2.08. The van der Waals surface area contributed by atoms with E-state index in [4.69, 9.17) is 5.73 Å². The Labute approximate surface area is 100 Å². The van der Waals surface area contributed by atoms with Crippen LogP contribution in [0, 0.1) is 0 Å². The van der Waals surface area contributed by atoms with Gasteiger partial charge in [0.2, 0.25) is 0 Å². The summed E-state index contributed by atoms with van der Waals surface area (Å²) >= 11 is 0. The molecule has 3 nitrogen and oxygen atoms in total. The standard InChI is InChI=1S/C14H14N2O/c15-14-7-6-13(17)8-12(14)10-16-9-11-4-2-1-3-5-11/h1-8,10,17H,9,15H2. The summed E-state index contributed by atoms with van der Waals surface area (Å²) in [6.45, 7) is 0.607. The van der Waals surface area contributed by atoms with Gasteiger partial charge in [0, 0.05) is 17.5 Å². The van der Waals surface area contributed by atoms with E-state index < -0.39 is 0 Å². The van der Waals surface area contributed by atoms with Crippen molar-refractivity contribution in [2.75, 3.05) is 5.73 Å². The topological polar surface area (TPSA) is 58.6 Å². The van der Waals surface area contributed by atoms with E-state index >= 15 is 0 Å². The number of rotatable bonds is 3. The van der Waals surface area contributed by atoms with Gasteiger partial charge in [-0.25, -0.2) is 0 Å². The number of phenolic OH excluding ortho intramolecular Hbond substituents is 1. The van der Waals surface area contributed by atoms with Crippen LogP contribution in [-0.2, 0) is 6.54 Å². The van der Waals surface area contributed by atoms with Crippen molar-refractivity contribution in [2.45, 2.75) is 6.54 Å². The highest BCUT2D eigenvalue weighted by molar-refractivity contribution is 5.87. The SMILES string of the molecule is Nc1ccc(O)cc1C=NCc1ccccc1. The number of hydrogen-bond donors (Lipinski definition) is 2. The molecular formula is C14H14N2O. The number of phenols is 1. The highest BCUT2D eigenvalue weighted by atomic mass is 16.3. The molecule has 0 atom stereocenters. The molecule has 0 spiro atoms. The van der Waals surface area contributed by atoms with E-state index in [1.807, 2.05) is 30.3 Å². The number of hydrogen-bond acceptors (Lipinski definition) is 3. The Morgan fingerprint density at radius 1 is 1.12 bits per heavy atom. The fourth-order valence-corrected chi connectivity index (χ4v) is 1.51. The van der Waals surface area contributed by atoms with Crippen LogP contribution in [-0.4, -0.2) is 11.3 Å². The van der Waals surface area contributed by atoms with Crippen molar-refractivity contribution >= 4 is 11.9 Å². The fourth-order valence-electron chi connectivity index (χ4n) is 1.51. The number of anilines is 1. The van der Waals surface area contributed by atoms with E-state index in [0.29, 0.717) is 12.2 Å². The van der Waals surface area contributed by atoms with E-state index in [1.165, 1.54) is 0 Å². The van der Waals surface area contributed by atoms with Gasteiger partial charge < -0.3 is 10.8 Å². The molecule has 0 amide bonds. The minimum Gasteiger partial charge on any atom is -0.508 e. The maximum Gasteiger partial charge on any atom is 0.116 e. The second-order valence-corrected chi connectivity index (χ2v) is 3.77. The lowest BCUT2D eigenvalue weighted by molar-refractivity contribution is 0.475. The van der Waals surface area contributed by atoms with Gasteiger partial charge in [-0.1, -0.05) is 30.3 Å². The molecule has 0 saturated heterocycles. The summed E-state index contributed by atoms with van der Waals surface area (Å²) in [5.74, 6) is 0.195. The third-order valence-electron chi connectivity index (χ3n) is 2.42. The summed E-state index contributed by atoms with van der Waals surface area (Å²) in [6.07, 6.45) is 1.68. The van der Waals surface area contributed by atoms with E-state index in [2.05, 4.69) is 4.99 Å². The van der Waals surface area contributed by atoms with Crippen LogP contribution in [0.25, 0.3) is 0 Å². The normalized spacial score (nSPS) is 10.8. The Hall–Kier alpha value is -2.29. The fraction of sp³-hybridized carbons (Fsp3) is 0.0714. The molecule has 0 heterocycles. The highest BCUT2D eigenvalue weighted by Crippen LogP contribution is 2.16. The van der Waals surface area contributed by atoms with Crippen LogP contribution in [0.1, 0.15) is 11.1 Å². The third-order valence-corrected chi connectivity index (χ3v) is 2.42. The van der Waals surface area contributed by atoms with Crippen LogP contribution < -0.4 is 5.73 Å². The number of aromatic hydroxyl groups is 1. The number of nitrogen functional groups attached to an aromatic ring is 1. The number of nitrogens with two attached hydrogens (primary N) is 1. The van der Waals surface area contributed by atoms with Crippen LogP contribution in [0.5, 0.6) is 5.75 Å². The molecule has 2 rings (SSSR count). The van der Waals surface area contributed by atoms with Crippen LogP contribution in [0.2, 0.25) is 0 Å². The predicted molar refractivity (Wildman–Crippen MR) is 70.3 cm³/mol. The largest absolute Gasteiger partial charge is 0.508 e. The first-order chi connectivity index (χ1) is 8.25. The summed E-state index contributed by atoms with van der Waals surface area (Å²) in [4.78, 5) is 4.30. The summed E-state index contributed by atoms with van der Waals surface area (Å²) in [6, 6.07) is 14.8. The highest BCUT2D eigenvalue weighted by Gasteiger charge is 1.97. The molecule has 0 unspecified atom stereocenters. The first kappa shape index (κ1) is 11.2. The molecule has 0 saturated carbocycles. The van der Waals surface area contributed by atoms with Gasteiger partial charge in [-0.15, -0.1) is 0 Å². The zero-order valence-electron chi connectivity index (χ0n) is 9.38. The van der Waals surface area contributed by atoms with Crippen LogP contribution >= 0.6 is 0 Å². The van der Waals surface area contributed by atoms with Crippen LogP contribution in [0.3, 0.4) is 0 Å². The molecule has 3 heteroatoms. The zero-order chi connectivity index (χ0) is 12.1. The van der Waals surface area contributed by atoms with E-state index in [9.17, 15) is 5.11 Å². The molecule has 0 aliphatic carbocycles. The molecule has 0 aliphatic rings. The van der Waals surface area contributed by atoms with E-state index in [0.717, 1.165) is 11.1 Å². The third kappa shape index (κ3) is 3.08. The van der Waals surface area contributed by atoms with Gasteiger partial charge in [-0.05, 0) is 23.8 Å². The van der Waals surface area contributed by atoms with Crippen molar-refractivity contribution in [3.8, 4) is 5.75 Å². The van der Waals surface area contributed by atoms with Crippen molar-refractivity contribution in [3.05, 3.63) is 59.7 Å². The van der Waals surface area contributed by atoms with E-state index in [1.54, 1.807) is 24.4 Å². The number of aliphatic imine (C=N–C) groups is 1. The number of benzene rings is 2. The molecule has 2 aromatic carbocycles. The lowest BCUT2D eigenvalue weighted by atomic mass is 10.2. The lowest BCUT2D eigenvalue weighted by Crippen LogP contribution is -1.93. The summed E-state index contributed by atoms with van der Waals surface area (Å²) in [5, 5.41) is 9.34. The van der Waals surface area contributed by atoms with Crippen LogP contribution in [0.15, 0.2) is 53.5 Å². The van der Waals surface area contributed by atoms with Gasteiger partial charge in [-0.3, -0.25) is 4.99 Å². The van der Waals surface area contributed by atoms with Gasteiger partial charge in [0.25, 0.3) is 0 Å². The average molecular weight is 226 g/mol. The van der Waals surface area contributed by atoms with Crippen molar-refractivity contribution in [1.29, 1.82) is 0 Å². The van der Waals surface area contributed by atoms with Gasteiger partial charge in [-0.2, -0.15) is 0 Å². The second-order valence-electron chi connectivity index (χ2n) is 3.77. The molecule has 0 aromatic heterocycles. The monoisotopic (exact) mass is 226 g/mol. The predicted octanol–water partition coefficient (Wildman–Crippen LogP) is 2.59. The lowest BCUT2D eigenvalue weighted by Gasteiger charge is -2.00. The molecule has 86 valence electrons. The van der Waals surface area contributed by atoms with Crippen LogP contribution in [0.4, 0.5) is 5.69 Å². The van der Waals surface area contributed by atoms with Gasteiger partial charge in [0.15, 0.2) is 0 Å². The van der Waals surface area contributed by atoms with Gasteiger partial charge >= 0.3 is 0 Å². The first-order valence-corrected chi connectivity index (χ1v) is 5.38. The molecule has 0 aliphatic heterocycles. The first-order valence-electron chi connectivity index (χ1n) is 5.38. The molecule has 2 aromatic rings. The molecule has 0 fully saturated rings. The zero-order valence-corrected chi connectivity index (χ0v) is 9.38. The minimum atomic E-state index is 0.195. The maximum absolute atomic E-state index is 9.34. The maximum atomic E-state index is 9.34.